The van der Waals surface area contributed by atoms with Gasteiger partial charge in [0.2, 0.25) is 0 Å². The number of carboxylic acid groups (broad SMARTS) is 1. The molecule has 0 bridgehead atoms. The summed E-state index contributed by atoms with van der Waals surface area (Å²) in [6.07, 6.45) is -0.878. The molecule has 2 N–H and O–H groups in total. The smallest absolute Gasteiger partial charge is 0.478 e. The summed E-state index contributed by atoms with van der Waals surface area (Å²) in [5, 5.41) is 10.3. The summed E-state index contributed by atoms with van der Waals surface area (Å²) in [6, 6.07) is 10.8. The van der Waals surface area contributed by atoms with E-state index in [1.807, 2.05) is 0 Å². The second-order valence-electron chi connectivity index (χ2n) is 7.54. The van der Waals surface area contributed by atoms with E-state index in [0.29, 0.717) is 38.7 Å². The molecule has 0 radical (unpaired) electrons. The molecule has 3 heterocycles. The number of aromatic nitrogens is 2. The summed E-state index contributed by atoms with van der Waals surface area (Å²) in [7, 11) is 0. The summed E-state index contributed by atoms with van der Waals surface area (Å²) in [6.45, 7) is -0.757. The van der Waals surface area contributed by atoms with Crippen LogP contribution in [0.1, 0.15) is 15.9 Å². The maximum atomic E-state index is 14.6. The number of carbonyl (C=O) groups is 1. The van der Waals surface area contributed by atoms with Crippen molar-refractivity contribution in [3.63, 3.8) is 0 Å². The largest absolute Gasteiger partial charge is 0.522 e. The van der Waals surface area contributed by atoms with Crippen LogP contribution in [-0.2, 0) is 11.3 Å². The monoisotopic (exact) mass is 470 g/mol. The molecule has 5 aromatic rings. The number of hydrogen-bond acceptors (Lipinski definition) is 4. The van der Waals surface area contributed by atoms with E-state index in [4.69, 9.17) is 4.42 Å². The molecule has 0 aliphatic rings. The van der Waals surface area contributed by atoms with E-state index >= 15 is 0 Å². The van der Waals surface area contributed by atoms with Crippen LogP contribution < -0.4 is 0 Å². The van der Waals surface area contributed by atoms with Crippen LogP contribution in [0.2, 0.25) is 0 Å². The van der Waals surface area contributed by atoms with Gasteiger partial charge in [-0.3, -0.25) is 9.72 Å². The van der Waals surface area contributed by atoms with E-state index < -0.39 is 24.8 Å². The van der Waals surface area contributed by atoms with E-state index in [-0.39, 0.29) is 16.7 Å². The topological polar surface area (TPSA) is 88.3 Å². The molecule has 0 aliphatic heterocycles. The Hall–Kier alpha value is -4.18. The van der Waals surface area contributed by atoms with E-state index in [0.717, 1.165) is 0 Å². The first-order chi connectivity index (χ1) is 16.2. The van der Waals surface area contributed by atoms with E-state index in [1.54, 1.807) is 30.3 Å². The zero-order valence-corrected chi connectivity index (χ0v) is 17.1. The third-order valence-electron chi connectivity index (χ3n) is 5.35. The number of H-pyrrole nitrogens is 1. The van der Waals surface area contributed by atoms with Crippen molar-refractivity contribution in [2.75, 3.05) is 0 Å². The highest BCUT2D eigenvalue weighted by atomic mass is 19.4. The predicted molar refractivity (Wildman–Crippen MR) is 114 cm³/mol. The van der Waals surface area contributed by atoms with Gasteiger partial charge < -0.3 is 14.5 Å². The van der Waals surface area contributed by atoms with Crippen LogP contribution in [0.3, 0.4) is 0 Å². The van der Waals surface area contributed by atoms with Crippen LogP contribution in [0, 0.1) is 5.82 Å². The maximum Gasteiger partial charge on any atom is 0.522 e. The van der Waals surface area contributed by atoms with Gasteiger partial charge in [-0.15, -0.1) is 13.2 Å². The van der Waals surface area contributed by atoms with Crippen LogP contribution in [-0.4, -0.2) is 27.4 Å². The van der Waals surface area contributed by atoms with Crippen LogP contribution in [0.25, 0.3) is 44.3 Å². The fraction of sp³-hybridized carbons (Fsp3) is 0.0833. The summed E-state index contributed by atoms with van der Waals surface area (Å²) in [5.41, 5.74) is 2.49. The highest BCUT2D eigenvalue weighted by molar-refractivity contribution is 6.04. The average Bonchev–Trinajstić information content (AvgIpc) is 3.44. The number of pyridine rings is 1. The molecule has 0 saturated heterocycles. The van der Waals surface area contributed by atoms with Gasteiger partial charge in [0.25, 0.3) is 0 Å². The summed E-state index contributed by atoms with van der Waals surface area (Å²) in [4.78, 5) is 18.6. The lowest BCUT2D eigenvalue weighted by atomic mass is 9.96. The van der Waals surface area contributed by atoms with Gasteiger partial charge in [0, 0.05) is 39.8 Å². The van der Waals surface area contributed by atoms with E-state index in [9.17, 15) is 27.5 Å². The number of nitrogens with one attached hydrogen (secondary N) is 1. The molecule has 3 aromatic heterocycles. The molecule has 0 amide bonds. The molecular weight excluding hydrogens is 456 g/mol. The Labute approximate surface area is 188 Å². The van der Waals surface area contributed by atoms with Crippen molar-refractivity contribution in [1.29, 1.82) is 0 Å². The lowest BCUT2D eigenvalue weighted by molar-refractivity contribution is -0.330. The van der Waals surface area contributed by atoms with Crippen molar-refractivity contribution in [3.8, 4) is 22.4 Å². The zero-order valence-electron chi connectivity index (χ0n) is 17.1. The van der Waals surface area contributed by atoms with Crippen molar-refractivity contribution in [3.05, 3.63) is 78.1 Å². The summed E-state index contributed by atoms with van der Waals surface area (Å²) < 4.78 is 61.4. The van der Waals surface area contributed by atoms with Crippen LogP contribution in [0.4, 0.5) is 17.6 Å². The first kappa shape index (κ1) is 21.7. The SMILES string of the molecule is O=C(O)c1c[nH]c2cc(-c3cc(COC(F)(F)F)cnc3-c3cc(F)c4occc4c3)ccc12. The molecule has 10 heteroatoms. The third-order valence-corrected chi connectivity index (χ3v) is 5.35. The Morgan fingerprint density at radius 3 is 2.71 bits per heavy atom. The number of furan rings is 1. The minimum absolute atomic E-state index is 0.0782. The zero-order chi connectivity index (χ0) is 24.0. The number of alkyl halides is 3. The number of benzene rings is 2. The summed E-state index contributed by atoms with van der Waals surface area (Å²) >= 11 is 0. The Balaban J connectivity index is 1.67. The second-order valence-corrected chi connectivity index (χ2v) is 7.54. The van der Waals surface area contributed by atoms with Crippen molar-refractivity contribution in [1.82, 2.24) is 9.97 Å². The van der Waals surface area contributed by atoms with Gasteiger partial charge in [-0.1, -0.05) is 12.1 Å². The maximum absolute atomic E-state index is 14.6. The molecule has 172 valence electrons. The molecule has 0 aliphatic carbocycles. The molecule has 34 heavy (non-hydrogen) atoms. The Morgan fingerprint density at radius 2 is 1.94 bits per heavy atom. The van der Waals surface area contributed by atoms with Gasteiger partial charge >= 0.3 is 12.3 Å². The molecule has 0 saturated carbocycles. The second kappa shape index (κ2) is 7.99. The van der Waals surface area contributed by atoms with Gasteiger partial charge in [-0.05, 0) is 41.5 Å². The Morgan fingerprint density at radius 1 is 1.12 bits per heavy atom. The number of aromatic amines is 1. The molecule has 6 nitrogen and oxygen atoms in total. The van der Waals surface area contributed by atoms with Gasteiger partial charge in [0.05, 0.1) is 24.1 Å². The first-order valence-corrected chi connectivity index (χ1v) is 9.91. The molecule has 0 fully saturated rings. The number of fused-ring (bicyclic) bond motifs is 2. The third kappa shape index (κ3) is 3.99. The number of hydrogen-bond donors (Lipinski definition) is 2. The number of nitrogens with zero attached hydrogens (tertiary/aromatic N) is 1. The normalized spacial score (nSPS) is 12.0. The van der Waals surface area contributed by atoms with Crippen molar-refractivity contribution in [2.45, 2.75) is 13.0 Å². The number of halogens is 4. The lowest BCUT2D eigenvalue weighted by Gasteiger charge is -2.13. The molecular formula is C24H14F4N2O4. The number of ether oxygens (including phenoxy) is 1. The van der Waals surface area contributed by atoms with Gasteiger partial charge in [-0.25, -0.2) is 9.18 Å². The quantitative estimate of drug-likeness (QED) is 0.286. The van der Waals surface area contributed by atoms with Crippen molar-refractivity contribution in [2.24, 2.45) is 0 Å². The molecule has 0 atom stereocenters. The van der Waals surface area contributed by atoms with Crippen molar-refractivity contribution >= 4 is 27.8 Å². The Kier molecular flexibility index (Phi) is 5.09. The van der Waals surface area contributed by atoms with Crippen LogP contribution in [0.5, 0.6) is 0 Å². The number of carboxylic acids is 1. The fourth-order valence-electron chi connectivity index (χ4n) is 3.85. The minimum atomic E-state index is -4.81. The fourth-order valence-corrected chi connectivity index (χ4v) is 3.85. The predicted octanol–water partition coefficient (Wildman–Crippen LogP) is 6.52. The highest BCUT2D eigenvalue weighted by Gasteiger charge is 2.29. The standard InChI is InChI=1S/C24H14F4N2O4/c25-19-7-15(6-14-3-4-33-22(14)19)21-17(5-12(9-30-21)11-34-24(26,27)28)13-1-2-16-18(23(31)32)10-29-20(16)8-13/h1-10,29H,11H2,(H,31,32). The molecule has 2 aromatic carbocycles. The lowest BCUT2D eigenvalue weighted by Crippen LogP contribution is -2.13. The molecule has 0 unspecified atom stereocenters. The number of aromatic carboxylic acids is 1. The van der Waals surface area contributed by atoms with Crippen LogP contribution >= 0.6 is 0 Å². The van der Waals surface area contributed by atoms with Gasteiger partial charge in [-0.2, -0.15) is 0 Å². The molecule has 0 spiro atoms. The van der Waals surface area contributed by atoms with Crippen LogP contribution in [0.15, 0.2) is 65.5 Å². The minimum Gasteiger partial charge on any atom is -0.478 e. The first-order valence-electron chi connectivity index (χ1n) is 9.91. The van der Waals surface area contributed by atoms with E-state index in [2.05, 4.69) is 14.7 Å². The molecule has 5 rings (SSSR count). The van der Waals surface area contributed by atoms with Gasteiger partial charge in [0.1, 0.15) is 0 Å². The van der Waals surface area contributed by atoms with Gasteiger partial charge in [0.15, 0.2) is 11.4 Å². The number of rotatable bonds is 5. The summed E-state index contributed by atoms with van der Waals surface area (Å²) in [5.74, 6) is -1.71. The van der Waals surface area contributed by atoms with Crippen molar-refractivity contribution < 1.29 is 36.6 Å². The average molecular weight is 470 g/mol. The highest BCUT2D eigenvalue weighted by Crippen LogP contribution is 2.36. The Bertz CT molecular complexity index is 1550. The van der Waals surface area contributed by atoms with E-state index in [1.165, 1.54) is 30.8 Å².